The Morgan fingerprint density at radius 3 is 2.30 bits per heavy atom. The predicted octanol–water partition coefficient (Wildman–Crippen LogP) is 4.72. The third-order valence-electron chi connectivity index (χ3n) is 4.61. The second-order valence-electron chi connectivity index (χ2n) is 6.59. The van der Waals surface area contributed by atoms with Gasteiger partial charge in [-0.25, -0.2) is 0 Å². The van der Waals surface area contributed by atoms with Crippen LogP contribution in [0.3, 0.4) is 0 Å². The van der Waals surface area contributed by atoms with Crippen molar-refractivity contribution in [1.29, 1.82) is 0 Å². The highest BCUT2D eigenvalue weighted by molar-refractivity contribution is 6.02. The van der Waals surface area contributed by atoms with Crippen LogP contribution >= 0.6 is 0 Å². The van der Waals surface area contributed by atoms with Crippen LogP contribution in [0.25, 0.3) is 10.8 Å². The van der Waals surface area contributed by atoms with E-state index in [1.54, 1.807) is 11.8 Å². The maximum atomic E-state index is 13.1. The molecule has 3 aromatic carbocycles. The molecule has 2 amide bonds. The molecule has 0 heterocycles. The Balaban J connectivity index is 1.82. The Bertz CT molecular complexity index is 937. The Morgan fingerprint density at radius 1 is 0.926 bits per heavy atom. The van der Waals surface area contributed by atoms with Crippen molar-refractivity contribution >= 4 is 28.3 Å². The van der Waals surface area contributed by atoms with Gasteiger partial charge in [0.1, 0.15) is 6.04 Å². The molecular formula is C23H24N2O2. The summed E-state index contributed by atoms with van der Waals surface area (Å²) < 4.78 is 0. The number of nitrogens with zero attached hydrogens (tertiary/aromatic N) is 1. The molecule has 1 unspecified atom stereocenters. The van der Waals surface area contributed by atoms with Gasteiger partial charge in [-0.1, -0.05) is 55.5 Å². The van der Waals surface area contributed by atoms with Gasteiger partial charge in [-0.05, 0) is 48.4 Å². The summed E-state index contributed by atoms with van der Waals surface area (Å²) in [5.74, 6) is -0.317. The molecule has 0 radical (unpaired) electrons. The molecule has 3 aromatic rings. The van der Waals surface area contributed by atoms with E-state index in [0.717, 1.165) is 22.9 Å². The summed E-state index contributed by atoms with van der Waals surface area (Å²) in [5.41, 5.74) is 1.32. The van der Waals surface area contributed by atoms with Crippen LogP contribution in [-0.4, -0.2) is 29.3 Å². The van der Waals surface area contributed by atoms with E-state index in [4.69, 9.17) is 0 Å². The summed E-state index contributed by atoms with van der Waals surface area (Å²) >= 11 is 0. The molecule has 138 valence electrons. The van der Waals surface area contributed by atoms with Gasteiger partial charge in [0, 0.05) is 17.8 Å². The molecule has 3 rings (SSSR count). The summed E-state index contributed by atoms with van der Waals surface area (Å²) in [6.45, 7) is 4.30. The van der Waals surface area contributed by atoms with Crippen molar-refractivity contribution in [2.75, 3.05) is 11.9 Å². The lowest BCUT2D eigenvalue weighted by Gasteiger charge is -2.28. The zero-order chi connectivity index (χ0) is 19.2. The number of benzene rings is 3. The number of carbonyl (C=O) groups excluding carboxylic acids is 2. The Labute approximate surface area is 159 Å². The normalized spacial score (nSPS) is 11.8. The molecular weight excluding hydrogens is 336 g/mol. The van der Waals surface area contributed by atoms with Gasteiger partial charge < -0.3 is 10.2 Å². The molecule has 4 nitrogen and oxygen atoms in total. The zero-order valence-electron chi connectivity index (χ0n) is 15.7. The van der Waals surface area contributed by atoms with Crippen LogP contribution in [0, 0.1) is 0 Å². The van der Waals surface area contributed by atoms with Crippen LogP contribution < -0.4 is 5.32 Å². The van der Waals surface area contributed by atoms with Crippen molar-refractivity contribution in [1.82, 2.24) is 4.90 Å². The third-order valence-corrected chi connectivity index (χ3v) is 4.61. The lowest BCUT2D eigenvalue weighted by molar-refractivity contribution is -0.120. The minimum Gasteiger partial charge on any atom is -0.327 e. The lowest BCUT2D eigenvalue weighted by Crippen LogP contribution is -2.46. The lowest BCUT2D eigenvalue weighted by atomic mass is 10.1. The van der Waals surface area contributed by atoms with Crippen LogP contribution in [0.5, 0.6) is 0 Å². The van der Waals surface area contributed by atoms with E-state index >= 15 is 0 Å². The number of hydrogen-bond donors (Lipinski definition) is 1. The van der Waals surface area contributed by atoms with Crippen molar-refractivity contribution in [2.24, 2.45) is 0 Å². The Morgan fingerprint density at radius 2 is 1.59 bits per heavy atom. The molecule has 1 N–H and O–H groups in total. The van der Waals surface area contributed by atoms with Gasteiger partial charge >= 0.3 is 0 Å². The number of fused-ring (bicyclic) bond motifs is 1. The number of nitrogens with one attached hydrogen (secondary N) is 1. The second kappa shape index (κ2) is 8.49. The molecule has 0 aliphatic rings. The van der Waals surface area contributed by atoms with Crippen molar-refractivity contribution < 1.29 is 9.59 Å². The van der Waals surface area contributed by atoms with E-state index in [1.807, 2.05) is 79.7 Å². The first-order valence-corrected chi connectivity index (χ1v) is 9.26. The topological polar surface area (TPSA) is 49.4 Å². The van der Waals surface area contributed by atoms with Crippen molar-refractivity contribution in [3.63, 3.8) is 0 Å². The number of para-hydroxylation sites is 1. The summed E-state index contributed by atoms with van der Waals surface area (Å²) in [5, 5.41) is 4.99. The first-order chi connectivity index (χ1) is 13.1. The average molecular weight is 360 g/mol. The van der Waals surface area contributed by atoms with Crippen LogP contribution in [0.15, 0.2) is 72.8 Å². The van der Waals surface area contributed by atoms with Gasteiger partial charge in [0.05, 0.1) is 0 Å². The summed E-state index contributed by atoms with van der Waals surface area (Å²) in [6.07, 6.45) is 0.780. The van der Waals surface area contributed by atoms with Crippen molar-refractivity contribution in [3.8, 4) is 0 Å². The SMILES string of the molecule is CCCN(C(=O)c1ccc2ccccc2c1)C(C)C(=O)Nc1ccccc1. The fraction of sp³-hybridized carbons (Fsp3) is 0.217. The first-order valence-electron chi connectivity index (χ1n) is 9.26. The highest BCUT2D eigenvalue weighted by Gasteiger charge is 2.26. The van der Waals surface area contributed by atoms with E-state index in [1.165, 1.54) is 0 Å². The Hall–Kier alpha value is -3.14. The molecule has 0 spiro atoms. The monoisotopic (exact) mass is 360 g/mol. The molecule has 0 fully saturated rings. The van der Waals surface area contributed by atoms with Gasteiger partial charge in [0.25, 0.3) is 5.91 Å². The molecule has 4 heteroatoms. The highest BCUT2D eigenvalue weighted by Crippen LogP contribution is 2.18. The van der Waals surface area contributed by atoms with E-state index < -0.39 is 6.04 Å². The van der Waals surface area contributed by atoms with Crippen molar-refractivity contribution in [3.05, 3.63) is 78.4 Å². The van der Waals surface area contributed by atoms with Gasteiger partial charge in [0.15, 0.2) is 0 Å². The van der Waals surface area contributed by atoms with Crippen LogP contribution in [-0.2, 0) is 4.79 Å². The zero-order valence-corrected chi connectivity index (χ0v) is 15.7. The van der Waals surface area contributed by atoms with Crippen molar-refractivity contribution in [2.45, 2.75) is 26.3 Å². The van der Waals surface area contributed by atoms with Gasteiger partial charge in [-0.15, -0.1) is 0 Å². The minimum absolute atomic E-state index is 0.127. The molecule has 0 aliphatic heterocycles. The quantitative estimate of drug-likeness (QED) is 0.691. The maximum Gasteiger partial charge on any atom is 0.254 e. The summed E-state index contributed by atoms with van der Waals surface area (Å²) in [7, 11) is 0. The van der Waals surface area contributed by atoms with E-state index in [2.05, 4.69) is 5.32 Å². The molecule has 1 atom stereocenters. The van der Waals surface area contributed by atoms with Gasteiger partial charge in [-0.3, -0.25) is 9.59 Å². The number of rotatable bonds is 6. The highest BCUT2D eigenvalue weighted by atomic mass is 16.2. The van der Waals surface area contributed by atoms with Gasteiger partial charge in [0.2, 0.25) is 5.91 Å². The Kier molecular flexibility index (Phi) is 5.87. The number of carbonyl (C=O) groups is 2. The number of anilines is 1. The molecule has 27 heavy (non-hydrogen) atoms. The minimum atomic E-state index is -0.566. The van der Waals surface area contributed by atoms with E-state index in [0.29, 0.717) is 12.1 Å². The fourth-order valence-electron chi connectivity index (χ4n) is 3.11. The molecule has 0 aromatic heterocycles. The van der Waals surface area contributed by atoms with E-state index in [-0.39, 0.29) is 11.8 Å². The third kappa shape index (κ3) is 4.34. The van der Waals surface area contributed by atoms with Crippen LogP contribution in [0.2, 0.25) is 0 Å². The summed E-state index contributed by atoms with van der Waals surface area (Å²) in [6, 6.07) is 22.3. The average Bonchev–Trinajstić information content (AvgIpc) is 2.71. The van der Waals surface area contributed by atoms with E-state index in [9.17, 15) is 9.59 Å². The largest absolute Gasteiger partial charge is 0.327 e. The smallest absolute Gasteiger partial charge is 0.254 e. The second-order valence-corrected chi connectivity index (χ2v) is 6.59. The number of hydrogen-bond acceptors (Lipinski definition) is 2. The molecule has 0 aliphatic carbocycles. The summed E-state index contributed by atoms with van der Waals surface area (Å²) in [4.78, 5) is 27.4. The molecule has 0 bridgehead atoms. The maximum absolute atomic E-state index is 13.1. The standard InChI is InChI=1S/C23H24N2O2/c1-3-15-25(17(2)22(26)24-21-11-5-4-6-12-21)23(27)20-14-13-18-9-7-8-10-19(18)16-20/h4-14,16-17H,3,15H2,1-2H3,(H,24,26). The van der Waals surface area contributed by atoms with Crippen LogP contribution in [0.1, 0.15) is 30.6 Å². The fourth-order valence-corrected chi connectivity index (χ4v) is 3.11. The predicted molar refractivity (Wildman–Crippen MR) is 110 cm³/mol. The number of amides is 2. The first kappa shape index (κ1) is 18.6. The van der Waals surface area contributed by atoms with Crippen LogP contribution in [0.4, 0.5) is 5.69 Å². The molecule has 0 saturated heterocycles. The van der Waals surface area contributed by atoms with Gasteiger partial charge in [-0.2, -0.15) is 0 Å². The molecule has 0 saturated carbocycles.